The number of nitrogens with two attached hydrogens (primary N) is 1. The second-order valence-electron chi connectivity index (χ2n) is 4.24. The van der Waals surface area contributed by atoms with Gasteiger partial charge in [-0.15, -0.1) is 0 Å². The monoisotopic (exact) mass is 267 g/mol. The molecule has 5 nitrogen and oxygen atoms in total. The van der Waals surface area contributed by atoms with Gasteiger partial charge in [-0.05, 0) is 12.1 Å². The third kappa shape index (κ3) is 2.21. The van der Waals surface area contributed by atoms with Crippen molar-refractivity contribution in [3.63, 3.8) is 0 Å². The highest BCUT2D eigenvalue weighted by Crippen LogP contribution is 2.29. The summed E-state index contributed by atoms with van der Waals surface area (Å²) in [6, 6.07) is 15.0. The van der Waals surface area contributed by atoms with E-state index in [9.17, 15) is 0 Å². The molecule has 0 spiro atoms. The molecule has 0 fully saturated rings. The molecule has 0 aliphatic rings. The number of rotatable bonds is 3. The lowest BCUT2D eigenvalue weighted by Crippen LogP contribution is -1.92. The molecule has 0 aliphatic carbocycles. The number of benzene rings is 2. The van der Waals surface area contributed by atoms with Gasteiger partial charge in [-0.25, -0.2) is 0 Å². The molecular formula is C15H13N3O2. The molecule has 0 unspecified atom stereocenters. The van der Waals surface area contributed by atoms with E-state index in [1.54, 1.807) is 25.3 Å². The molecule has 0 aliphatic heterocycles. The second-order valence-corrected chi connectivity index (χ2v) is 4.24. The van der Waals surface area contributed by atoms with Crippen molar-refractivity contribution in [2.75, 3.05) is 12.8 Å². The standard InChI is InChI=1S/C15H13N3O2/c1-19-11-7-8-12(13(16)9-11)15-17-14(18-20-15)10-5-3-2-4-6-10/h2-9H,16H2,1H3. The van der Waals surface area contributed by atoms with Gasteiger partial charge in [0.25, 0.3) is 5.89 Å². The smallest absolute Gasteiger partial charge is 0.260 e. The van der Waals surface area contributed by atoms with Crippen LogP contribution in [-0.4, -0.2) is 17.3 Å². The molecule has 3 aromatic rings. The molecule has 0 amide bonds. The first kappa shape index (κ1) is 12.2. The molecule has 0 atom stereocenters. The van der Waals surface area contributed by atoms with Crippen molar-refractivity contribution in [3.05, 3.63) is 48.5 Å². The molecule has 0 saturated carbocycles. The lowest BCUT2D eigenvalue weighted by Gasteiger charge is -2.03. The molecule has 1 aromatic heterocycles. The topological polar surface area (TPSA) is 74.2 Å². The summed E-state index contributed by atoms with van der Waals surface area (Å²) in [5.74, 6) is 1.62. The minimum Gasteiger partial charge on any atom is -0.497 e. The van der Waals surface area contributed by atoms with Gasteiger partial charge in [-0.2, -0.15) is 4.98 Å². The number of methoxy groups -OCH3 is 1. The van der Waals surface area contributed by atoms with Crippen LogP contribution in [0.5, 0.6) is 5.75 Å². The Hall–Kier alpha value is -2.82. The zero-order chi connectivity index (χ0) is 13.9. The Balaban J connectivity index is 1.98. The molecule has 20 heavy (non-hydrogen) atoms. The molecule has 100 valence electrons. The summed E-state index contributed by atoms with van der Waals surface area (Å²) in [6.07, 6.45) is 0. The zero-order valence-corrected chi connectivity index (χ0v) is 10.9. The Morgan fingerprint density at radius 3 is 2.60 bits per heavy atom. The highest BCUT2D eigenvalue weighted by molar-refractivity contribution is 5.72. The third-order valence-corrected chi connectivity index (χ3v) is 2.95. The van der Waals surface area contributed by atoms with E-state index in [2.05, 4.69) is 10.1 Å². The first-order chi connectivity index (χ1) is 9.78. The van der Waals surface area contributed by atoms with Gasteiger partial charge >= 0.3 is 0 Å². The van der Waals surface area contributed by atoms with Crippen molar-refractivity contribution in [3.8, 4) is 28.6 Å². The summed E-state index contributed by atoms with van der Waals surface area (Å²) < 4.78 is 10.4. The quantitative estimate of drug-likeness (QED) is 0.738. The molecule has 1 heterocycles. The van der Waals surface area contributed by atoms with E-state index in [0.29, 0.717) is 28.7 Å². The lowest BCUT2D eigenvalue weighted by atomic mass is 10.1. The van der Waals surface area contributed by atoms with Crippen LogP contribution in [0.1, 0.15) is 0 Å². The van der Waals surface area contributed by atoms with Crippen molar-refractivity contribution in [1.82, 2.24) is 10.1 Å². The normalized spacial score (nSPS) is 10.4. The van der Waals surface area contributed by atoms with Crippen molar-refractivity contribution < 1.29 is 9.26 Å². The van der Waals surface area contributed by atoms with E-state index in [1.807, 2.05) is 30.3 Å². The van der Waals surface area contributed by atoms with Crippen molar-refractivity contribution >= 4 is 5.69 Å². The molecule has 2 N–H and O–H groups in total. The van der Waals surface area contributed by atoms with Crippen LogP contribution in [0.4, 0.5) is 5.69 Å². The van der Waals surface area contributed by atoms with Gasteiger partial charge in [-0.3, -0.25) is 0 Å². The van der Waals surface area contributed by atoms with Gasteiger partial charge in [0.05, 0.1) is 12.7 Å². The fourth-order valence-electron chi connectivity index (χ4n) is 1.90. The average molecular weight is 267 g/mol. The van der Waals surface area contributed by atoms with Crippen molar-refractivity contribution in [2.45, 2.75) is 0 Å². The number of aromatic nitrogens is 2. The highest BCUT2D eigenvalue weighted by Gasteiger charge is 2.13. The van der Waals surface area contributed by atoms with Gasteiger partial charge in [0.15, 0.2) is 0 Å². The van der Waals surface area contributed by atoms with Crippen molar-refractivity contribution in [1.29, 1.82) is 0 Å². The number of anilines is 1. The lowest BCUT2D eigenvalue weighted by molar-refractivity contribution is 0.414. The number of hydrogen-bond acceptors (Lipinski definition) is 5. The first-order valence-electron chi connectivity index (χ1n) is 6.11. The predicted octanol–water partition coefficient (Wildman–Crippen LogP) is 2.99. The largest absolute Gasteiger partial charge is 0.497 e. The van der Waals surface area contributed by atoms with Crippen LogP contribution in [-0.2, 0) is 0 Å². The minimum absolute atomic E-state index is 0.393. The Labute approximate surface area is 116 Å². The van der Waals surface area contributed by atoms with Crippen LogP contribution in [0.25, 0.3) is 22.8 Å². The van der Waals surface area contributed by atoms with Crippen LogP contribution < -0.4 is 10.5 Å². The summed E-state index contributed by atoms with van der Waals surface area (Å²) >= 11 is 0. The summed E-state index contributed by atoms with van der Waals surface area (Å²) in [4.78, 5) is 4.37. The van der Waals surface area contributed by atoms with Gasteiger partial charge in [-0.1, -0.05) is 35.5 Å². The Morgan fingerprint density at radius 2 is 1.90 bits per heavy atom. The summed E-state index contributed by atoms with van der Waals surface area (Å²) in [7, 11) is 1.59. The number of nitrogen functional groups attached to an aromatic ring is 1. The molecule has 5 heteroatoms. The van der Waals surface area contributed by atoms with E-state index in [0.717, 1.165) is 5.56 Å². The predicted molar refractivity (Wildman–Crippen MR) is 76.1 cm³/mol. The second kappa shape index (κ2) is 5.05. The number of hydrogen-bond donors (Lipinski definition) is 1. The van der Waals surface area contributed by atoms with E-state index >= 15 is 0 Å². The zero-order valence-electron chi connectivity index (χ0n) is 10.9. The van der Waals surface area contributed by atoms with Crippen LogP contribution >= 0.6 is 0 Å². The highest BCUT2D eigenvalue weighted by atomic mass is 16.5. The number of ether oxygens (including phenoxy) is 1. The van der Waals surface area contributed by atoms with E-state index in [1.165, 1.54) is 0 Å². The molecule has 3 rings (SSSR count). The SMILES string of the molecule is COc1ccc(-c2nc(-c3ccccc3)no2)c(N)c1. The Morgan fingerprint density at radius 1 is 1.10 bits per heavy atom. The van der Waals surface area contributed by atoms with E-state index < -0.39 is 0 Å². The number of nitrogens with zero attached hydrogens (tertiary/aromatic N) is 2. The van der Waals surface area contributed by atoms with Crippen LogP contribution in [0.3, 0.4) is 0 Å². The van der Waals surface area contributed by atoms with Gasteiger partial charge in [0.2, 0.25) is 5.82 Å². The molecule has 2 aromatic carbocycles. The third-order valence-electron chi connectivity index (χ3n) is 2.95. The summed E-state index contributed by atoms with van der Waals surface area (Å²) in [5.41, 5.74) is 8.10. The maximum Gasteiger partial charge on any atom is 0.260 e. The minimum atomic E-state index is 0.393. The van der Waals surface area contributed by atoms with Gasteiger partial charge in [0, 0.05) is 17.3 Å². The summed E-state index contributed by atoms with van der Waals surface area (Å²) in [5, 5.41) is 3.97. The Kier molecular flexibility index (Phi) is 3.09. The molecule has 0 radical (unpaired) electrons. The summed E-state index contributed by atoms with van der Waals surface area (Å²) in [6.45, 7) is 0. The van der Waals surface area contributed by atoms with Crippen molar-refractivity contribution in [2.24, 2.45) is 0 Å². The average Bonchev–Trinajstić information content (AvgIpc) is 2.97. The van der Waals surface area contributed by atoms with Crippen LogP contribution in [0, 0.1) is 0 Å². The first-order valence-corrected chi connectivity index (χ1v) is 6.11. The molecule has 0 bridgehead atoms. The maximum absolute atomic E-state index is 5.97. The molecule has 0 saturated heterocycles. The fourth-order valence-corrected chi connectivity index (χ4v) is 1.90. The molecular weight excluding hydrogens is 254 g/mol. The van der Waals surface area contributed by atoms with Gasteiger partial charge < -0.3 is 15.0 Å². The fraction of sp³-hybridized carbons (Fsp3) is 0.0667. The van der Waals surface area contributed by atoms with Crippen LogP contribution in [0.2, 0.25) is 0 Å². The maximum atomic E-state index is 5.97. The Bertz CT molecular complexity index is 723. The van der Waals surface area contributed by atoms with Crippen LogP contribution in [0.15, 0.2) is 53.1 Å². The van der Waals surface area contributed by atoms with Gasteiger partial charge in [0.1, 0.15) is 5.75 Å². The van der Waals surface area contributed by atoms with E-state index in [-0.39, 0.29) is 0 Å². The van der Waals surface area contributed by atoms with E-state index in [4.69, 9.17) is 15.0 Å².